The van der Waals surface area contributed by atoms with Crippen molar-refractivity contribution in [3.63, 3.8) is 0 Å². The third kappa shape index (κ3) is 3.31. The van der Waals surface area contributed by atoms with Gasteiger partial charge in [-0.3, -0.25) is 4.98 Å². The Morgan fingerprint density at radius 2 is 2.24 bits per heavy atom. The number of rotatable bonds is 5. The van der Waals surface area contributed by atoms with Gasteiger partial charge in [0, 0.05) is 12.4 Å². The lowest BCUT2D eigenvalue weighted by atomic mass is 10.0. The van der Waals surface area contributed by atoms with E-state index < -0.39 is 17.3 Å². The molecule has 9 heteroatoms. The van der Waals surface area contributed by atoms with E-state index in [0.717, 1.165) is 6.20 Å². The standard InChI is InChI=1S/C20H22FN5O3/c1-3-29-19(28)15-11-23-25-7-5-17(24-18(15)25)26-16(4-6-20(26,2)12-27)13-8-14(21)10-22-9-13/h5,7-11,16,27H,3-4,6,12H2,1-2H3. The number of aliphatic hydroxyl groups is 1. The molecule has 1 saturated heterocycles. The molecule has 0 bridgehead atoms. The van der Waals surface area contributed by atoms with Gasteiger partial charge in [-0.25, -0.2) is 18.7 Å². The largest absolute Gasteiger partial charge is 0.462 e. The summed E-state index contributed by atoms with van der Waals surface area (Å²) in [6.07, 6.45) is 7.33. The van der Waals surface area contributed by atoms with E-state index in [1.54, 1.807) is 25.4 Å². The molecule has 0 aromatic carbocycles. The summed E-state index contributed by atoms with van der Waals surface area (Å²) in [6, 6.07) is 3.02. The summed E-state index contributed by atoms with van der Waals surface area (Å²) >= 11 is 0. The first-order chi connectivity index (χ1) is 14.0. The van der Waals surface area contributed by atoms with Crippen LogP contribution in [0, 0.1) is 5.82 Å². The highest BCUT2D eigenvalue weighted by molar-refractivity contribution is 5.95. The van der Waals surface area contributed by atoms with Crippen LogP contribution in [0.2, 0.25) is 0 Å². The lowest BCUT2D eigenvalue weighted by Crippen LogP contribution is -2.46. The number of pyridine rings is 1. The van der Waals surface area contributed by atoms with E-state index in [1.807, 2.05) is 11.8 Å². The van der Waals surface area contributed by atoms with Gasteiger partial charge in [0.1, 0.15) is 17.2 Å². The first-order valence-corrected chi connectivity index (χ1v) is 9.49. The van der Waals surface area contributed by atoms with Crippen molar-refractivity contribution in [2.24, 2.45) is 0 Å². The molecule has 0 saturated carbocycles. The molecule has 4 rings (SSSR count). The summed E-state index contributed by atoms with van der Waals surface area (Å²) in [6.45, 7) is 3.83. The highest BCUT2D eigenvalue weighted by Crippen LogP contribution is 2.44. The molecule has 29 heavy (non-hydrogen) atoms. The maximum absolute atomic E-state index is 13.8. The number of halogens is 1. The fraction of sp³-hybridized carbons (Fsp3) is 0.400. The number of hydrogen-bond acceptors (Lipinski definition) is 7. The predicted molar refractivity (Wildman–Crippen MR) is 103 cm³/mol. The minimum atomic E-state index is -0.591. The zero-order valence-corrected chi connectivity index (χ0v) is 16.2. The third-order valence-electron chi connectivity index (χ3n) is 5.40. The van der Waals surface area contributed by atoms with Crippen LogP contribution in [0.25, 0.3) is 5.65 Å². The number of ether oxygens (including phenoxy) is 1. The number of aromatic nitrogens is 4. The molecule has 1 fully saturated rings. The van der Waals surface area contributed by atoms with Crippen LogP contribution in [0.15, 0.2) is 36.9 Å². The molecule has 0 spiro atoms. The van der Waals surface area contributed by atoms with Crippen LogP contribution in [0.5, 0.6) is 0 Å². The summed E-state index contributed by atoms with van der Waals surface area (Å²) in [5.41, 5.74) is 0.752. The van der Waals surface area contributed by atoms with Gasteiger partial charge in [0.2, 0.25) is 0 Å². The quantitative estimate of drug-likeness (QED) is 0.659. The van der Waals surface area contributed by atoms with Gasteiger partial charge in [-0.2, -0.15) is 5.10 Å². The van der Waals surface area contributed by atoms with Gasteiger partial charge >= 0.3 is 5.97 Å². The van der Waals surface area contributed by atoms with Crippen LogP contribution < -0.4 is 4.90 Å². The number of fused-ring (bicyclic) bond motifs is 1. The van der Waals surface area contributed by atoms with Gasteiger partial charge in [0.25, 0.3) is 0 Å². The highest BCUT2D eigenvalue weighted by atomic mass is 19.1. The van der Waals surface area contributed by atoms with Crippen molar-refractivity contribution in [2.45, 2.75) is 38.3 Å². The summed E-state index contributed by atoms with van der Waals surface area (Å²) in [5.74, 6) is -0.347. The normalized spacial score (nSPS) is 21.7. The molecule has 0 amide bonds. The molecule has 152 valence electrons. The zero-order valence-electron chi connectivity index (χ0n) is 16.2. The van der Waals surface area contributed by atoms with E-state index in [2.05, 4.69) is 15.1 Å². The Bertz CT molecular complexity index is 1060. The maximum atomic E-state index is 13.8. The first kappa shape index (κ1) is 19.3. The lowest BCUT2D eigenvalue weighted by Gasteiger charge is -2.38. The third-order valence-corrected chi connectivity index (χ3v) is 5.40. The molecule has 1 aliphatic heterocycles. The second-order valence-electron chi connectivity index (χ2n) is 7.35. The average molecular weight is 399 g/mol. The van der Waals surface area contributed by atoms with Crippen molar-refractivity contribution < 1.29 is 19.0 Å². The molecule has 1 N–H and O–H groups in total. The highest BCUT2D eigenvalue weighted by Gasteiger charge is 2.44. The molecule has 2 unspecified atom stereocenters. The average Bonchev–Trinajstić information content (AvgIpc) is 3.29. The minimum Gasteiger partial charge on any atom is -0.462 e. The minimum absolute atomic E-state index is 0.0941. The topological polar surface area (TPSA) is 92.8 Å². The van der Waals surface area contributed by atoms with E-state index in [-0.39, 0.29) is 24.8 Å². The van der Waals surface area contributed by atoms with Crippen LogP contribution >= 0.6 is 0 Å². The van der Waals surface area contributed by atoms with Gasteiger partial charge in [-0.05, 0) is 44.4 Å². The van der Waals surface area contributed by atoms with Crippen molar-refractivity contribution in [3.8, 4) is 0 Å². The number of hydrogen-bond donors (Lipinski definition) is 1. The van der Waals surface area contributed by atoms with Crippen LogP contribution in [0.3, 0.4) is 0 Å². The van der Waals surface area contributed by atoms with Crippen molar-refractivity contribution in [1.82, 2.24) is 19.6 Å². The number of aliphatic hydroxyl groups excluding tert-OH is 1. The first-order valence-electron chi connectivity index (χ1n) is 9.49. The van der Waals surface area contributed by atoms with Crippen molar-refractivity contribution in [3.05, 3.63) is 53.9 Å². The molecular weight excluding hydrogens is 377 g/mol. The SMILES string of the molecule is CCOC(=O)c1cnn2ccc(N3C(c4cncc(F)c4)CCC3(C)CO)nc12. The molecule has 1 aliphatic rings. The Morgan fingerprint density at radius 1 is 1.41 bits per heavy atom. The monoisotopic (exact) mass is 399 g/mol. The number of esters is 1. The fourth-order valence-corrected chi connectivity index (χ4v) is 3.94. The van der Waals surface area contributed by atoms with E-state index in [4.69, 9.17) is 4.74 Å². The van der Waals surface area contributed by atoms with E-state index >= 15 is 0 Å². The molecule has 4 heterocycles. The maximum Gasteiger partial charge on any atom is 0.343 e. The number of carbonyl (C=O) groups excluding carboxylic acids is 1. The van der Waals surface area contributed by atoms with Gasteiger partial charge in [-0.15, -0.1) is 0 Å². The van der Waals surface area contributed by atoms with E-state index in [1.165, 1.54) is 16.8 Å². The molecule has 0 aliphatic carbocycles. The summed E-state index contributed by atoms with van der Waals surface area (Å²) in [5, 5.41) is 14.3. The van der Waals surface area contributed by atoms with Crippen molar-refractivity contribution in [1.29, 1.82) is 0 Å². The summed E-state index contributed by atoms with van der Waals surface area (Å²) < 4.78 is 20.4. The van der Waals surface area contributed by atoms with E-state index in [9.17, 15) is 14.3 Å². The van der Waals surface area contributed by atoms with Crippen LogP contribution in [-0.4, -0.2) is 49.4 Å². The van der Waals surface area contributed by atoms with Crippen LogP contribution in [0.4, 0.5) is 10.2 Å². The zero-order chi connectivity index (χ0) is 20.6. The Labute approximate surface area is 167 Å². The van der Waals surface area contributed by atoms with Gasteiger partial charge in [0.15, 0.2) is 5.65 Å². The molecule has 0 radical (unpaired) electrons. The second kappa shape index (κ2) is 7.40. The summed E-state index contributed by atoms with van der Waals surface area (Å²) in [7, 11) is 0. The lowest BCUT2D eigenvalue weighted by molar-refractivity contribution is 0.0528. The molecule has 2 atom stereocenters. The van der Waals surface area contributed by atoms with Gasteiger partial charge in [0.05, 0.1) is 37.2 Å². The number of nitrogens with zero attached hydrogens (tertiary/aromatic N) is 5. The Morgan fingerprint density at radius 3 is 2.97 bits per heavy atom. The van der Waals surface area contributed by atoms with Crippen LogP contribution in [0.1, 0.15) is 48.7 Å². The summed E-state index contributed by atoms with van der Waals surface area (Å²) in [4.78, 5) is 22.9. The van der Waals surface area contributed by atoms with Crippen LogP contribution in [-0.2, 0) is 4.74 Å². The molecular formula is C20H22FN5O3. The number of anilines is 1. The molecule has 3 aromatic heterocycles. The van der Waals surface area contributed by atoms with E-state index in [0.29, 0.717) is 29.9 Å². The van der Waals surface area contributed by atoms with Gasteiger partial charge in [-0.1, -0.05) is 0 Å². The smallest absolute Gasteiger partial charge is 0.343 e. The van der Waals surface area contributed by atoms with Crippen molar-refractivity contribution >= 4 is 17.4 Å². The Hall–Kier alpha value is -3.07. The number of carbonyl (C=O) groups is 1. The Balaban J connectivity index is 1.81. The second-order valence-corrected chi connectivity index (χ2v) is 7.35. The van der Waals surface area contributed by atoms with Crippen molar-refractivity contribution in [2.75, 3.05) is 18.1 Å². The molecule has 3 aromatic rings. The molecule has 8 nitrogen and oxygen atoms in total. The predicted octanol–water partition coefficient (Wildman–Crippen LogP) is 2.53. The Kier molecular flexibility index (Phi) is 4.91. The fourth-order valence-electron chi connectivity index (χ4n) is 3.94. The van der Waals surface area contributed by atoms with Gasteiger partial charge < -0.3 is 14.7 Å².